The van der Waals surface area contributed by atoms with Gasteiger partial charge in [-0.1, -0.05) is 0 Å². The lowest BCUT2D eigenvalue weighted by molar-refractivity contribution is -0.117. The van der Waals surface area contributed by atoms with Gasteiger partial charge in [-0.3, -0.25) is 4.79 Å². The Kier molecular flexibility index (Phi) is 1.82. The zero-order chi connectivity index (χ0) is 9.64. The standard InChI is InChI=1S/C10H14O3/c1-6(5-11)7-3-4-10(2)9(13-10)8(7)12/h9,11H,3-5H2,1-2H3/b7-6+. The van der Waals surface area contributed by atoms with Gasteiger partial charge in [-0.15, -0.1) is 0 Å². The monoisotopic (exact) mass is 182 g/mol. The number of ketones is 1. The Labute approximate surface area is 77.4 Å². The van der Waals surface area contributed by atoms with E-state index in [1.54, 1.807) is 6.92 Å². The van der Waals surface area contributed by atoms with Crippen molar-refractivity contribution in [2.45, 2.75) is 38.4 Å². The number of carbonyl (C=O) groups excluding carboxylic acids is 1. The molecule has 1 saturated heterocycles. The summed E-state index contributed by atoms with van der Waals surface area (Å²) in [4.78, 5) is 11.7. The van der Waals surface area contributed by atoms with Crippen LogP contribution in [0.2, 0.25) is 0 Å². The molecule has 2 rings (SSSR count). The molecule has 0 aromatic rings. The molecule has 72 valence electrons. The van der Waals surface area contributed by atoms with Gasteiger partial charge < -0.3 is 9.84 Å². The van der Waals surface area contributed by atoms with E-state index in [1.807, 2.05) is 6.92 Å². The summed E-state index contributed by atoms with van der Waals surface area (Å²) in [6.45, 7) is 3.75. The van der Waals surface area contributed by atoms with Gasteiger partial charge in [0.2, 0.25) is 0 Å². The number of hydrogen-bond acceptors (Lipinski definition) is 3. The number of aliphatic hydroxyl groups excluding tert-OH is 1. The Morgan fingerprint density at radius 3 is 3.08 bits per heavy atom. The van der Waals surface area contributed by atoms with Crippen LogP contribution in [0.1, 0.15) is 26.7 Å². The molecule has 0 amide bonds. The first-order valence-electron chi connectivity index (χ1n) is 4.60. The van der Waals surface area contributed by atoms with Gasteiger partial charge in [0.25, 0.3) is 0 Å². The molecule has 13 heavy (non-hydrogen) atoms. The first-order chi connectivity index (χ1) is 6.08. The van der Waals surface area contributed by atoms with E-state index in [-0.39, 0.29) is 24.1 Å². The van der Waals surface area contributed by atoms with Gasteiger partial charge in [-0.2, -0.15) is 0 Å². The SMILES string of the molecule is C/C(CO)=C1/CCC2(C)OC2C1=O. The molecule has 1 heterocycles. The van der Waals surface area contributed by atoms with Crippen LogP contribution in [-0.4, -0.2) is 29.2 Å². The summed E-state index contributed by atoms with van der Waals surface area (Å²) in [7, 11) is 0. The first-order valence-corrected chi connectivity index (χ1v) is 4.60. The molecule has 0 bridgehead atoms. The van der Waals surface area contributed by atoms with Crippen LogP contribution in [0.25, 0.3) is 0 Å². The lowest BCUT2D eigenvalue weighted by Crippen LogP contribution is -2.26. The fourth-order valence-electron chi connectivity index (χ4n) is 1.93. The quantitative estimate of drug-likeness (QED) is 0.482. The van der Waals surface area contributed by atoms with E-state index in [4.69, 9.17) is 9.84 Å². The summed E-state index contributed by atoms with van der Waals surface area (Å²) in [5.74, 6) is 0.0836. The number of carbonyl (C=O) groups is 1. The first kappa shape index (κ1) is 8.91. The van der Waals surface area contributed by atoms with Crippen LogP contribution in [0.5, 0.6) is 0 Å². The van der Waals surface area contributed by atoms with Crippen molar-refractivity contribution < 1.29 is 14.6 Å². The Morgan fingerprint density at radius 1 is 1.77 bits per heavy atom. The van der Waals surface area contributed by atoms with Crippen LogP contribution >= 0.6 is 0 Å². The third kappa shape index (κ3) is 1.23. The van der Waals surface area contributed by atoms with E-state index in [9.17, 15) is 4.79 Å². The molecule has 2 fully saturated rings. The molecule has 1 N–H and O–H groups in total. The Bertz CT molecular complexity index is 293. The summed E-state index contributed by atoms with van der Waals surface area (Å²) in [6, 6.07) is 0. The van der Waals surface area contributed by atoms with E-state index in [1.165, 1.54) is 0 Å². The van der Waals surface area contributed by atoms with Crippen molar-refractivity contribution in [3.05, 3.63) is 11.1 Å². The molecular formula is C10H14O3. The molecule has 2 aliphatic rings. The van der Waals surface area contributed by atoms with Crippen molar-refractivity contribution >= 4 is 5.78 Å². The average molecular weight is 182 g/mol. The number of rotatable bonds is 1. The van der Waals surface area contributed by atoms with Gasteiger partial charge >= 0.3 is 0 Å². The molecule has 1 saturated carbocycles. The molecule has 3 heteroatoms. The van der Waals surface area contributed by atoms with E-state index in [0.29, 0.717) is 0 Å². The second-order valence-corrected chi connectivity index (χ2v) is 4.09. The topological polar surface area (TPSA) is 49.8 Å². The smallest absolute Gasteiger partial charge is 0.190 e. The highest BCUT2D eigenvalue weighted by atomic mass is 16.6. The van der Waals surface area contributed by atoms with Crippen molar-refractivity contribution in [3.8, 4) is 0 Å². The average Bonchev–Trinajstić information content (AvgIpc) is 2.78. The predicted molar refractivity (Wildman–Crippen MR) is 47.3 cm³/mol. The van der Waals surface area contributed by atoms with Gasteiger partial charge in [0.15, 0.2) is 5.78 Å². The van der Waals surface area contributed by atoms with Crippen molar-refractivity contribution in [1.82, 2.24) is 0 Å². The van der Waals surface area contributed by atoms with E-state index >= 15 is 0 Å². The Balaban J connectivity index is 2.23. The van der Waals surface area contributed by atoms with Gasteiger partial charge in [-0.05, 0) is 37.8 Å². The third-order valence-electron chi connectivity index (χ3n) is 3.04. The fourth-order valence-corrected chi connectivity index (χ4v) is 1.93. The molecule has 0 radical (unpaired) electrons. The highest BCUT2D eigenvalue weighted by Crippen LogP contribution is 2.47. The minimum absolute atomic E-state index is 0.0233. The normalized spacial score (nSPS) is 41.5. The van der Waals surface area contributed by atoms with E-state index < -0.39 is 0 Å². The lowest BCUT2D eigenvalue weighted by atomic mass is 9.84. The minimum Gasteiger partial charge on any atom is -0.392 e. The van der Waals surface area contributed by atoms with Crippen LogP contribution in [-0.2, 0) is 9.53 Å². The second kappa shape index (κ2) is 2.66. The summed E-state index contributed by atoms with van der Waals surface area (Å²) >= 11 is 0. The van der Waals surface area contributed by atoms with Crippen LogP contribution in [0.3, 0.4) is 0 Å². The largest absolute Gasteiger partial charge is 0.392 e. The number of epoxide rings is 1. The zero-order valence-corrected chi connectivity index (χ0v) is 7.96. The molecule has 1 aliphatic carbocycles. The van der Waals surface area contributed by atoms with E-state index in [2.05, 4.69) is 0 Å². The van der Waals surface area contributed by atoms with E-state index in [0.717, 1.165) is 24.0 Å². The number of Topliss-reactive ketones (excluding diaryl/α,β-unsaturated/α-hetero) is 1. The van der Waals surface area contributed by atoms with Crippen molar-refractivity contribution in [3.63, 3.8) is 0 Å². The van der Waals surface area contributed by atoms with Gasteiger partial charge in [-0.25, -0.2) is 0 Å². The van der Waals surface area contributed by atoms with Crippen LogP contribution in [0.4, 0.5) is 0 Å². The summed E-state index contributed by atoms with van der Waals surface area (Å²) in [6.07, 6.45) is 1.42. The van der Waals surface area contributed by atoms with Crippen LogP contribution in [0, 0.1) is 0 Å². The Hall–Kier alpha value is -0.670. The van der Waals surface area contributed by atoms with Crippen molar-refractivity contribution in [2.24, 2.45) is 0 Å². The summed E-state index contributed by atoms with van der Waals surface area (Å²) in [5.41, 5.74) is 1.39. The van der Waals surface area contributed by atoms with Gasteiger partial charge in [0.05, 0.1) is 6.61 Å². The molecule has 2 unspecified atom stereocenters. The maximum absolute atomic E-state index is 11.7. The Morgan fingerprint density at radius 2 is 2.46 bits per heavy atom. The van der Waals surface area contributed by atoms with Crippen molar-refractivity contribution in [2.75, 3.05) is 6.61 Å². The number of ether oxygens (including phenoxy) is 1. The maximum Gasteiger partial charge on any atom is 0.190 e. The third-order valence-corrected chi connectivity index (χ3v) is 3.04. The zero-order valence-electron chi connectivity index (χ0n) is 7.96. The summed E-state index contributed by atoms with van der Waals surface area (Å²) in [5, 5.41) is 8.92. The molecule has 1 aliphatic heterocycles. The predicted octanol–water partition coefficient (Wildman–Crippen LogP) is 0.816. The summed E-state index contributed by atoms with van der Waals surface area (Å²) < 4.78 is 5.34. The fraction of sp³-hybridized carbons (Fsp3) is 0.700. The molecule has 0 aromatic heterocycles. The maximum atomic E-state index is 11.7. The lowest BCUT2D eigenvalue weighted by Gasteiger charge is -2.16. The second-order valence-electron chi connectivity index (χ2n) is 4.09. The van der Waals surface area contributed by atoms with Crippen LogP contribution in [0.15, 0.2) is 11.1 Å². The highest BCUT2D eigenvalue weighted by molar-refractivity contribution is 6.03. The molecule has 2 atom stereocenters. The number of aliphatic hydroxyl groups is 1. The minimum atomic E-state index is -0.224. The van der Waals surface area contributed by atoms with Crippen LogP contribution < -0.4 is 0 Å². The molecular weight excluding hydrogens is 168 g/mol. The highest BCUT2D eigenvalue weighted by Gasteiger charge is 2.59. The number of hydrogen-bond donors (Lipinski definition) is 1. The van der Waals surface area contributed by atoms with Gasteiger partial charge in [0, 0.05) is 0 Å². The molecule has 0 aromatic carbocycles. The molecule has 0 spiro atoms. The van der Waals surface area contributed by atoms with Gasteiger partial charge in [0.1, 0.15) is 11.7 Å². The molecule has 3 nitrogen and oxygen atoms in total. The van der Waals surface area contributed by atoms with Crippen molar-refractivity contribution in [1.29, 1.82) is 0 Å². The number of fused-ring (bicyclic) bond motifs is 1.